The van der Waals surface area contributed by atoms with Gasteiger partial charge in [-0.2, -0.15) is 0 Å². The van der Waals surface area contributed by atoms with Crippen LogP contribution in [0.1, 0.15) is 192 Å². The van der Waals surface area contributed by atoms with Gasteiger partial charge in [0, 0.05) is 0 Å². The predicted octanol–water partition coefficient (Wildman–Crippen LogP) is 12.4. The number of phenolic OH excluding ortho intramolecular Hbond substituents is 1. The number of phenols is 1. The highest BCUT2D eigenvalue weighted by Crippen LogP contribution is 2.31. The summed E-state index contributed by atoms with van der Waals surface area (Å²) >= 11 is 0. The molecular formula is C36H66O. The lowest BCUT2D eigenvalue weighted by molar-refractivity contribution is 0.455. The van der Waals surface area contributed by atoms with E-state index in [2.05, 4.69) is 32.9 Å². The Kier molecular flexibility index (Phi) is 23.3. The van der Waals surface area contributed by atoms with E-state index in [9.17, 15) is 5.11 Å². The zero-order valence-electron chi connectivity index (χ0n) is 25.7. The van der Waals surface area contributed by atoms with E-state index in [-0.39, 0.29) is 0 Å². The third-order valence-electron chi connectivity index (χ3n) is 8.34. The average Bonchev–Trinajstić information content (AvgIpc) is 2.90. The number of aromatic hydroxyl groups is 1. The van der Waals surface area contributed by atoms with Gasteiger partial charge in [-0.3, -0.25) is 0 Å². The van der Waals surface area contributed by atoms with Crippen molar-refractivity contribution >= 4 is 0 Å². The molecule has 216 valence electrons. The van der Waals surface area contributed by atoms with Gasteiger partial charge < -0.3 is 5.11 Å². The molecule has 1 aromatic rings. The minimum Gasteiger partial charge on any atom is -0.507 e. The van der Waals surface area contributed by atoms with Crippen LogP contribution in [0, 0.1) is 0 Å². The molecule has 0 fully saturated rings. The van der Waals surface area contributed by atoms with Crippen LogP contribution < -0.4 is 0 Å². The highest BCUT2D eigenvalue weighted by Gasteiger charge is 2.13. The molecule has 0 atom stereocenters. The lowest BCUT2D eigenvalue weighted by atomic mass is 9.92. The van der Waals surface area contributed by atoms with Crippen LogP contribution in [0.5, 0.6) is 5.75 Å². The van der Waals surface area contributed by atoms with Crippen LogP contribution in [0.15, 0.2) is 12.1 Å². The van der Waals surface area contributed by atoms with E-state index in [1.54, 1.807) is 0 Å². The molecule has 0 spiro atoms. The van der Waals surface area contributed by atoms with Crippen LogP contribution in [0.25, 0.3) is 0 Å². The Balaban J connectivity index is 2.51. The third kappa shape index (κ3) is 18.0. The third-order valence-corrected chi connectivity index (χ3v) is 8.34. The van der Waals surface area contributed by atoms with Crippen molar-refractivity contribution in [3.8, 4) is 5.75 Å². The molecule has 0 saturated heterocycles. The second kappa shape index (κ2) is 25.3. The molecule has 0 bridgehead atoms. The molecule has 1 heteroatoms. The fourth-order valence-electron chi connectivity index (χ4n) is 5.78. The zero-order chi connectivity index (χ0) is 26.8. The van der Waals surface area contributed by atoms with E-state index < -0.39 is 0 Å². The van der Waals surface area contributed by atoms with E-state index in [0.717, 1.165) is 19.3 Å². The standard InChI is InChI=1S/C36H66O/c1-4-7-10-13-16-19-22-25-28-33-31-32-34(29-26-23-20-17-14-11-8-5-2)36(37)35(33)30-27-24-21-18-15-12-9-6-3/h31-32,37H,4-30H2,1-3H3. The second-order valence-electron chi connectivity index (χ2n) is 11.9. The van der Waals surface area contributed by atoms with Crippen LogP contribution in [0.3, 0.4) is 0 Å². The topological polar surface area (TPSA) is 20.2 Å². The molecule has 0 amide bonds. The first-order chi connectivity index (χ1) is 18.2. The zero-order valence-corrected chi connectivity index (χ0v) is 25.7. The molecule has 1 rings (SSSR count). The predicted molar refractivity (Wildman–Crippen MR) is 167 cm³/mol. The summed E-state index contributed by atoms with van der Waals surface area (Å²) in [5.41, 5.74) is 3.94. The summed E-state index contributed by atoms with van der Waals surface area (Å²) in [5.74, 6) is 0.656. The van der Waals surface area contributed by atoms with E-state index >= 15 is 0 Å². The molecule has 0 aliphatic rings. The minimum atomic E-state index is 0.656. The van der Waals surface area contributed by atoms with Gasteiger partial charge in [0.15, 0.2) is 0 Å². The quantitative estimate of drug-likeness (QED) is 0.116. The summed E-state index contributed by atoms with van der Waals surface area (Å²) in [5, 5.41) is 11.3. The molecule has 0 aromatic heterocycles. The lowest BCUT2D eigenvalue weighted by Crippen LogP contribution is -2.00. The van der Waals surface area contributed by atoms with Gasteiger partial charge in [0.2, 0.25) is 0 Å². The fourth-order valence-corrected chi connectivity index (χ4v) is 5.78. The number of aryl methyl sites for hydroxylation is 2. The van der Waals surface area contributed by atoms with Crippen LogP contribution >= 0.6 is 0 Å². The smallest absolute Gasteiger partial charge is 0.122 e. The monoisotopic (exact) mass is 515 g/mol. The van der Waals surface area contributed by atoms with Gasteiger partial charge in [-0.05, 0) is 55.2 Å². The van der Waals surface area contributed by atoms with E-state index in [0.29, 0.717) is 5.75 Å². The maximum absolute atomic E-state index is 11.3. The first kappa shape index (κ1) is 34.0. The Bertz CT molecular complexity index is 619. The number of hydrogen-bond donors (Lipinski definition) is 1. The van der Waals surface area contributed by atoms with Crippen molar-refractivity contribution in [1.29, 1.82) is 0 Å². The van der Waals surface area contributed by atoms with Gasteiger partial charge in [-0.25, -0.2) is 0 Å². The molecule has 0 aliphatic carbocycles. The van der Waals surface area contributed by atoms with Crippen molar-refractivity contribution in [2.24, 2.45) is 0 Å². The van der Waals surface area contributed by atoms with Crippen LogP contribution in [0.2, 0.25) is 0 Å². The number of rotatable bonds is 27. The van der Waals surface area contributed by atoms with Crippen LogP contribution in [-0.2, 0) is 19.3 Å². The molecule has 1 aromatic carbocycles. The molecule has 1 nitrogen and oxygen atoms in total. The summed E-state index contributed by atoms with van der Waals surface area (Å²) in [6.07, 6.45) is 35.8. The van der Waals surface area contributed by atoms with Gasteiger partial charge in [0.1, 0.15) is 5.75 Å². The van der Waals surface area contributed by atoms with Gasteiger partial charge in [-0.15, -0.1) is 0 Å². The Morgan fingerprint density at radius 3 is 1.08 bits per heavy atom. The van der Waals surface area contributed by atoms with Crippen molar-refractivity contribution in [2.45, 2.75) is 194 Å². The molecule has 0 saturated carbocycles. The van der Waals surface area contributed by atoms with Gasteiger partial charge >= 0.3 is 0 Å². The number of benzene rings is 1. The molecule has 1 N–H and O–H groups in total. The molecule has 0 heterocycles. The summed E-state index contributed by atoms with van der Waals surface area (Å²) in [6.45, 7) is 6.87. The minimum absolute atomic E-state index is 0.656. The van der Waals surface area contributed by atoms with Crippen molar-refractivity contribution in [1.82, 2.24) is 0 Å². The molecular weight excluding hydrogens is 448 g/mol. The normalized spacial score (nSPS) is 11.4. The number of hydrogen-bond acceptors (Lipinski definition) is 1. The SMILES string of the molecule is CCCCCCCCCCc1ccc(CCCCCCCCCC)c(CCCCCCCCCC)c1O. The van der Waals surface area contributed by atoms with Gasteiger partial charge in [-0.1, -0.05) is 168 Å². The Morgan fingerprint density at radius 2 is 0.676 bits per heavy atom. The molecule has 0 aliphatic heterocycles. The van der Waals surface area contributed by atoms with Gasteiger partial charge in [0.25, 0.3) is 0 Å². The highest BCUT2D eigenvalue weighted by molar-refractivity contribution is 5.46. The molecule has 0 radical (unpaired) electrons. The number of unbranched alkanes of at least 4 members (excludes halogenated alkanes) is 21. The maximum Gasteiger partial charge on any atom is 0.122 e. The largest absolute Gasteiger partial charge is 0.507 e. The Labute approximate surface area is 233 Å². The maximum atomic E-state index is 11.3. The summed E-state index contributed by atoms with van der Waals surface area (Å²) in [7, 11) is 0. The van der Waals surface area contributed by atoms with Crippen molar-refractivity contribution < 1.29 is 5.11 Å². The van der Waals surface area contributed by atoms with Crippen molar-refractivity contribution in [3.63, 3.8) is 0 Å². The van der Waals surface area contributed by atoms with Crippen LogP contribution in [-0.4, -0.2) is 5.11 Å². The summed E-state index contributed by atoms with van der Waals surface area (Å²) in [6, 6.07) is 4.63. The van der Waals surface area contributed by atoms with E-state index in [1.807, 2.05) is 0 Å². The van der Waals surface area contributed by atoms with E-state index in [1.165, 1.54) is 171 Å². The lowest BCUT2D eigenvalue weighted by Gasteiger charge is -2.16. The summed E-state index contributed by atoms with van der Waals surface area (Å²) < 4.78 is 0. The Morgan fingerprint density at radius 1 is 0.378 bits per heavy atom. The highest BCUT2D eigenvalue weighted by atomic mass is 16.3. The van der Waals surface area contributed by atoms with Gasteiger partial charge in [0.05, 0.1) is 0 Å². The fraction of sp³-hybridized carbons (Fsp3) is 0.833. The average molecular weight is 515 g/mol. The van der Waals surface area contributed by atoms with Crippen molar-refractivity contribution in [2.75, 3.05) is 0 Å². The second-order valence-corrected chi connectivity index (χ2v) is 11.9. The van der Waals surface area contributed by atoms with Crippen molar-refractivity contribution in [3.05, 3.63) is 28.8 Å². The van der Waals surface area contributed by atoms with E-state index in [4.69, 9.17) is 0 Å². The summed E-state index contributed by atoms with van der Waals surface area (Å²) in [4.78, 5) is 0. The Hall–Kier alpha value is -0.980. The van der Waals surface area contributed by atoms with Crippen LogP contribution in [0.4, 0.5) is 0 Å². The molecule has 37 heavy (non-hydrogen) atoms. The first-order valence-electron chi connectivity index (χ1n) is 17.1. The first-order valence-corrected chi connectivity index (χ1v) is 17.1. The molecule has 0 unspecified atom stereocenters.